The molecular weight excluding hydrogens is 254 g/mol. The van der Waals surface area contributed by atoms with Crippen LogP contribution in [0.15, 0.2) is 18.2 Å². The lowest BCUT2D eigenvalue weighted by Gasteiger charge is -2.36. The summed E-state index contributed by atoms with van der Waals surface area (Å²) in [5.41, 5.74) is 0.886. The minimum absolute atomic E-state index is 0.135. The van der Waals surface area contributed by atoms with Gasteiger partial charge in [0.15, 0.2) is 0 Å². The van der Waals surface area contributed by atoms with Gasteiger partial charge in [-0.3, -0.25) is 0 Å². The van der Waals surface area contributed by atoms with Gasteiger partial charge in [-0.25, -0.2) is 4.79 Å². The summed E-state index contributed by atoms with van der Waals surface area (Å²) >= 11 is 5.83. The Morgan fingerprint density at radius 3 is 2.83 bits per heavy atom. The third-order valence-corrected chi connectivity index (χ3v) is 3.62. The van der Waals surface area contributed by atoms with Crippen molar-refractivity contribution in [1.82, 2.24) is 0 Å². The molecule has 98 valence electrons. The van der Waals surface area contributed by atoms with E-state index in [1.54, 1.807) is 12.1 Å². The number of piperidine rings is 1. The van der Waals surface area contributed by atoms with Gasteiger partial charge in [0.05, 0.1) is 17.4 Å². The Morgan fingerprint density at radius 2 is 2.22 bits per heavy atom. The number of rotatable bonds is 2. The molecule has 1 aliphatic heterocycles. The minimum Gasteiger partial charge on any atom is -0.478 e. The number of anilines is 1. The van der Waals surface area contributed by atoms with Gasteiger partial charge in [-0.15, -0.1) is 0 Å². The van der Waals surface area contributed by atoms with Crippen LogP contribution in [-0.2, 0) is 0 Å². The Balaban J connectivity index is 2.30. The SMILES string of the molecule is CC1CN(c2ccc(Cl)cc2C(=O)O)CCC1O. The predicted octanol–water partition coefficient (Wildman–Crippen LogP) is 2.25. The quantitative estimate of drug-likeness (QED) is 0.864. The zero-order chi connectivity index (χ0) is 13.3. The van der Waals surface area contributed by atoms with Gasteiger partial charge in [-0.1, -0.05) is 18.5 Å². The number of hydrogen-bond donors (Lipinski definition) is 2. The van der Waals surface area contributed by atoms with Gasteiger partial charge >= 0.3 is 5.97 Å². The lowest BCUT2D eigenvalue weighted by atomic mass is 9.95. The lowest BCUT2D eigenvalue weighted by molar-refractivity contribution is 0.0696. The van der Waals surface area contributed by atoms with Crippen molar-refractivity contribution in [2.75, 3.05) is 18.0 Å². The van der Waals surface area contributed by atoms with Gasteiger partial charge in [-0.05, 0) is 30.5 Å². The van der Waals surface area contributed by atoms with Crippen LogP contribution in [0, 0.1) is 5.92 Å². The van der Waals surface area contributed by atoms with Crippen LogP contribution in [0.3, 0.4) is 0 Å². The molecule has 0 aromatic heterocycles. The van der Waals surface area contributed by atoms with Crippen molar-refractivity contribution < 1.29 is 15.0 Å². The van der Waals surface area contributed by atoms with Gasteiger partial charge in [0.25, 0.3) is 0 Å². The molecule has 2 rings (SSSR count). The van der Waals surface area contributed by atoms with Gasteiger partial charge < -0.3 is 15.1 Å². The molecule has 0 saturated carbocycles. The third kappa shape index (κ3) is 2.60. The van der Waals surface area contributed by atoms with E-state index in [4.69, 9.17) is 11.6 Å². The smallest absolute Gasteiger partial charge is 0.337 e. The fraction of sp³-hybridized carbons (Fsp3) is 0.462. The molecule has 1 aliphatic rings. The van der Waals surface area contributed by atoms with E-state index in [1.165, 1.54) is 6.07 Å². The normalized spacial score (nSPS) is 24.1. The molecule has 4 nitrogen and oxygen atoms in total. The number of halogens is 1. The Hall–Kier alpha value is -1.26. The first-order chi connectivity index (χ1) is 8.49. The number of carboxylic acid groups (broad SMARTS) is 1. The van der Waals surface area contributed by atoms with Crippen LogP contribution in [0.2, 0.25) is 5.02 Å². The molecule has 0 amide bonds. The number of aromatic carboxylic acids is 1. The Morgan fingerprint density at radius 1 is 1.50 bits per heavy atom. The van der Waals surface area contributed by atoms with Crippen molar-refractivity contribution in [2.24, 2.45) is 5.92 Å². The number of aliphatic hydroxyl groups is 1. The second kappa shape index (κ2) is 5.16. The molecule has 1 heterocycles. The van der Waals surface area contributed by atoms with E-state index < -0.39 is 5.97 Å². The molecule has 2 unspecified atom stereocenters. The number of aliphatic hydroxyl groups excluding tert-OH is 1. The summed E-state index contributed by atoms with van der Waals surface area (Å²) in [6.07, 6.45) is 0.352. The molecule has 0 radical (unpaired) electrons. The molecule has 1 fully saturated rings. The van der Waals surface area contributed by atoms with Gasteiger partial charge in [-0.2, -0.15) is 0 Å². The van der Waals surface area contributed by atoms with Crippen LogP contribution in [0.1, 0.15) is 23.7 Å². The van der Waals surface area contributed by atoms with E-state index in [1.807, 2.05) is 11.8 Å². The first-order valence-electron chi connectivity index (χ1n) is 5.95. The maximum absolute atomic E-state index is 11.2. The zero-order valence-electron chi connectivity index (χ0n) is 10.1. The summed E-state index contributed by atoms with van der Waals surface area (Å²) in [5, 5.41) is 19.3. The summed E-state index contributed by atoms with van der Waals surface area (Å²) in [6, 6.07) is 4.89. The minimum atomic E-state index is -0.980. The highest BCUT2D eigenvalue weighted by atomic mass is 35.5. The van der Waals surface area contributed by atoms with E-state index in [2.05, 4.69) is 0 Å². The van der Waals surface area contributed by atoms with Crippen LogP contribution >= 0.6 is 11.6 Å². The zero-order valence-corrected chi connectivity index (χ0v) is 10.9. The van der Waals surface area contributed by atoms with Crippen molar-refractivity contribution >= 4 is 23.3 Å². The summed E-state index contributed by atoms with van der Waals surface area (Å²) in [5.74, 6) is -0.845. The third-order valence-electron chi connectivity index (χ3n) is 3.39. The lowest BCUT2D eigenvalue weighted by Crippen LogP contribution is -2.42. The first-order valence-corrected chi connectivity index (χ1v) is 6.32. The Kier molecular flexibility index (Phi) is 3.78. The highest BCUT2D eigenvalue weighted by molar-refractivity contribution is 6.31. The summed E-state index contributed by atoms with van der Waals surface area (Å²) in [7, 11) is 0. The second-order valence-electron chi connectivity index (χ2n) is 4.75. The van der Waals surface area contributed by atoms with Crippen molar-refractivity contribution in [3.63, 3.8) is 0 Å². The number of benzene rings is 1. The molecule has 2 N–H and O–H groups in total. The van der Waals surface area contributed by atoms with Crippen LogP contribution in [-0.4, -0.2) is 35.4 Å². The molecule has 2 atom stereocenters. The van der Waals surface area contributed by atoms with Crippen LogP contribution in [0.5, 0.6) is 0 Å². The van der Waals surface area contributed by atoms with Gasteiger partial charge in [0, 0.05) is 18.1 Å². The molecule has 1 aromatic carbocycles. The number of carbonyl (C=O) groups is 1. The maximum atomic E-state index is 11.2. The summed E-state index contributed by atoms with van der Waals surface area (Å²) < 4.78 is 0. The molecule has 5 heteroatoms. The Bertz CT molecular complexity index is 464. The topological polar surface area (TPSA) is 60.8 Å². The fourth-order valence-corrected chi connectivity index (χ4v) is 2.48. The monoisotopic (exact) mass is 269 g/mol. The van der Waals surface area contributed by atoms with Crippen molar-refractivity contribution in [3.8, 4) is 0 Å². The standard InChI is InChI=1S/C13H16ClNO3/c1-8-7-15(5-4-12(8)16)11-3-2-9(14)6-10(11)13(17)18/h2-3,6,8,12,16H,4-5,7H2,1H3,(H,17,18). The van der Waals surface area contributed by atoms with Crippen LogP contribution in [0.4, 0.5) is 5.69 Å². The van der Waals surface area contributed by atoms with Crippen LogP contribution in [0.25, 0.3) is 0 Å². The highest BCUT2D eigenvalue weighted by Gasteiger charge is 2.26. The molecule has 0 spiro atoms. The number of hydrogen-bond acceptors (Lipinski definition) is 3. The number of carboxylic acids is 1. The first kappa shape index (κ1) is 13.2. The average molecular weight is 270 g/mol. The van der Waals surface area contributed by atoms with Gasteiger partial charge in [0.1, 0.15) is 0 Å². The van der Waals surface area contributed by atoms with Gasteiger partial charge in [0.2, 0.25) is 0 Å². The molecule has 0 aliphatic carbocycles. The summed E-state index contributed by atoms with van der Waals surface area (Å²) in [6.45, 7) is 3.28. The number of nitrogens with zero attached hydrogens (tertiary/aromatic N) is 1. The summed E-state index contributed by atoms with van der Waals surface area (Å²) in [4.78, 5) is 13.2. The predicted molar refractivity (Wildman–Crippen MR) is 70.4 cm³/mol. The second-order valence-corrected chi connectivity index (χ2v) is 5.18. The molecule has 1 aromatic rings. The Labute approximate surface area is 111 Å². The van der Waals surface area contributed by atoms with Crippen molar-refractivity contribution in [1.29, 1.82) is 0 Å². The molecule has 18 heavy (non-hydrogen) atoms. The van der Waals surface area contributed by atoms with Crippen molar-refractivity contribution in [3.05, 3.63) is 28.8 Å². The van der Waals surface area contributed by atoms with Crippen LogP contribution < -0.4 is 4.90 Å². The van der Waals surface area contributed by atoms with E-state index >= 15 is 0 Å². The van der Waals surface area contributed by atoms with E-state index in [0.717, 1.165) is 0 Å². The molecule has 0 bridgehead atoms. The fourth-order valence-electron chi connectivity index (χ4n) is 2.31. The molecule has 1 saturated heterocycles. The van der Waals surface area contributed by atoms with Crippen molar-refractivity contribution in [2.45, 2.75) is 19.4 Å². The van der Waals surface area contributed by atoms with E-state index in [9.17, 15) is 15.0 Å². The van der Waals surface area contributed by atoms with E-state index in [0.29, 0.717) is 30.2 Å². The van der Waals surface area contributed by atoms with E-state index in [-0.39, 0.29) is 17.6 Å². The average Bonchev–Trinajstić information content (AvgIpc) is 2.32. The maximum Gasteiger partial charge on any atom is 0.337 e. The molecular formula is C13H16ClNO3. The highest BCUT2D eigenvalue weighted by Crippen LogP contribution is 2.28. The largest absolute Gasteiger partial charge is 0.478 e.